The number of piperidine rings is 1. The van der Waals surface area contributed by atoms with Gasteiger partial charge in [0.25, 0.3) is 0 Å². The van der Waals surface area contributed by atoms with E-state index in [2.05, 4.69) is 19.9 Å². The summed E-state index contributed by atoms with van der Waals surface area (Å²) < 4.78 is 29.7. The van der Waals surface area contributed by atoms with E-state index in [1.807, 2.05) is 31.2 Å². The van der Waals surface area contributed by atoms with Gasteiger partial charge < -0.3 is 25.0 Å². The van der Waals surface area contributed by atoms with Crippen molar-refractivity contribution < 1.29 is 23.2 Å². The van der Waals surface area contributed by atoms with Crippen LogP contribution < -0.4 is 26.4 Å². The SMILES string of the molecule is Cc1ccc(O)c(NS(C)(=O)=O)c1.O=c1[nH]c(=O)n(Cc2ccc(N3CCC(NCCO)CC3)cc2)o1. The monoisotopic (exact) mass is 535 g/mol. The van der Waals surface area contributed by atoms with Gasteiger partial charge in [-0.25, -0.2) is 23.0 Å². The van der Waals surface area contributed by atoms with Crippen molar-refractivity contribution >= 4 is 21.4 Å². The zero-order chi connectivity index (χ0) is 27.0. The second-order valence-corrected chi connectivity index (χ2v) is 10.6. The van der Waals surface area contributed by atoms with Gasteiger partial charge in [0.2, 0.25) is 10.0 Å². The van der Waals surface area contributed by atoms with E-state index in [-0.39, 0.29) is 24.6 Å². The number of benzene rings is 2. The van der Waals surface area contributed by atoms with Gasteiger partial charge in [-0.05, 0) is 55.2 Å². The number of aliphatic hydroxyl groups is 1. The predicted octanol–water partition coefficient (Wildman–Crippen LogP) is 0.801. The third-order valence-corrected chi connectivity index (χ3v) is 6.33. The normalized spacial score (nSPS) is 14.2. The van der Waals surface area contributed by atoms with Crippen molar-refractivity contribution in [2.45, 2.75) is 32.4 Å². The fourth-order valence-corrected chi connectivity index (χ4v) is 4.50. The zero-order valence-corrected chi connectivity index (χ0v) is 21.6. The molecule has 1 fully saturated rings. The molecule has 12 nitrogen and oxygen atoms in total. The fourth-order valence-electron chi connectivity index (χ4n) is 3.94. The molecule has 2 heterocycles. The highest BCUT2D eigenvalue weighted by molar-refractivity contribution is 7.92. The largest absolute Gasteiger partial charge is 0.506 e. The molecule has 0 saturated carbocycles. The summed E-state index contributed by atoms with van der Waals surface area (Å²) >= 11 is 0. The lowest BCUT2D eigenvalue weighted by Gasteiger charge is -2.34. The third-order valence-electron chi connectivity index (χ3n) is 5.74. The van der Waals surface area contributed by atoms with Gasteiger partial charge >= 0.3 is 11.4 Å². The van der Waals surface area contributed by atoms with Crippen LogP contribution >= 0.6 is 0 Å². The summed E-state index contributed by atoms with van der Waals surface area (Å²) in [5, 5.41) is 21.5. The third kappa shape index (κ3) is 8.81. The molecule has 37 heavy (non-hydrogen) atoms. The Morgan fingerprint density at radius 1 is 1.11 bits per heavy atom. The van der Waals surface area contributed by atoms with Gasteiger partial charge in [-0.1, -0.05) is 18.2 Å². The minimum atomic E-state index is -3.33. The molecule has 5 N–H and O–H groups in total. The van der Waals surface area contributed by atoms with Crippen LogP contribution in [0.5, 0.6) is 5.75 Å². The molecule has 0 aliphatic carbocycles. The highest BCUT2D eigenvalue weighted by Gasteiger charge is 2.18. The molecule has 0 bridgehead atoms. The summed E-state index contributed by atoms with van der Waals surface area (Å²) in [4.78, 5) is 26.8. The number of nitrogens with one attached hydrogen (secondary N) is 3. The fraction of sp³-hybridized carbons (Fsp3) is 0.417. The molecule has 4 rings (SSSR count). The van der Waals surface area contributed by atoms with E-state index >= 15 is 0 Å². The maximum atomic E-state index is 11.4. The molecular formula is C24H33N5O7S. The van der Waals surface area contributed by atoms with Crippen molar-refractivity contribution in [3.63, 3.8) is 0 Å². The Balaban J connectivity index is 0.000000248. The van der Waals surface area contributed by atoms with Gasteiger partial charge in [0.15, 0.2) is 0 Å². The first-order valence-corrected chi connectivity index (χ1v) is 13.7. The number of aliphatic hydroxyl groups excluding tert-OH is 1. The average molecular weight is 536 g/mol. The molecule has 3 aromatic rings. The molecule has 1 aliphatic heterocycles. The highest BCUT2D eigenvalue weighted by Crippen LogP contribution is 2.24. The Hall–Kier alpha value is -3.55. The van der Waals surface area contributed by atoms with Crippen molar-refractivity contribution in [1.82, 2.24) is 15.0 Å². The van der Waals surface area contributed by atoms with E-state index in [1.54, 1.807) is 12.1 Å². The van der Waals surface area contributed by atoms with Crippen LogP contribution in [0, 0.1) is 6.92 Å². The number of aromatic nitrogens is 2. The van der Waals surface area contributed by atoms with E-state index in [4.69, 9.17) is 9.63 Å². The van der Waals surface area contributed by atoms with E-state index in [0.717, 1.165) is 53.7 Å². The summed E-state index contributed by atoms with van der Waals surface area (Å²) in [6, 6.07) is 13.1. The maximum Gasteiger partial charge on any atom is 0.440 e. The second-order valence-electron chi connectivity index (χ2n) is 8.85. The molecule has 1 aliphatic rings. The molecule has 13 heteroatoms. The van der Waals surface area contributed by atoms with Crippen LogP contribution in [-0.4, -0.2) is 66.9 Å². The first-order chi connectivity index (χ1) is 17.5. The summed E-state index contributed by atoms with van der Waals surface area (Å²) in [7, 11) is -3.33. The van der Waals surface area contributed by atoms with E-state index in [0.29, 0.717) is 12.6 Å². The second kappa shape index (κ2) is 12.6. The standard InChI is InChI=1S/C16H22N4O4.C8H11NO3S/c21-10-7-17-13-5-8-19(9-6-13)14-3-1-12(2-4-14)11-20-15(22)18-16(23)24-20;1-6-3-4-8(10)7(5-6)9-13(2,11)12/h1-4,13,17,21H,5-11H2,(H,18,22,23);3-5,9-10H,1-2H3. The van der Waals surface area contributed by atoms with Crippen molar-refractivity contribution in [3.8, 4) is 5.75 Å². The number of aromatic hydroxyl groups is 1. The van der Waals surface area contributed by atoms with Gasteiger partial charge in [-0.15, -0.1) is 4.74 Å². The first-order valence-electron chi connectivity index (χ1n) is 11.8. The quantitative estimate of drug-likeness (QED) is 0.262. The Morgan fingerprint density at radius 2 is 1.78 bits per heavy atom. The minimum Gasteiger partial charge on any atom is -0.506 e. The Kier molecular flexibility index (Phi) is 9.55. The molecule has 0 spiro atoms. The predicted molar refractivity (Wildman–Crippen MR) is 141 cm³/mol. The minimum absolute atomic E-state index is 0.0731. The average Bonchev–Trinajstić information content (AvgIpc) is 3.16. The van der Waals surface area contributed by atoms with Gasteiger partial charge in [-0.3, -0.25) is 4.72 Å². The maximum absolute atomic E-state index is 11.4. The van der Waals surface area contributed by atoms with Gasteiger partial charge in [0.05, 0.1) is 25.1 Å². The Morgan fingerprint density at radius 3 is 2.35 bits per heavy atom. The molecule has 1 saturated heterocycles. The van der Waals surface area contributed by atoms with Crippen LogP contribution in [0.15, 0.2) is 56.6 Å². The van der Waals surface area contributed by atoms with Gasteiger partial charge in [0, 0.05) is 31.4 Å². The molecule has 0 amide bonds. The Labute approximate surface area is 214 Å². The number of nitrogens with zero attached hydrogens (tertiary/aromatic N) is 2. The molecule has 202 valence electrons. The lowest BCUT2D eigenvalue weighted by Crippen LogP contribution is -2.43. The first kappa shape index (κ1) is 28.0. The smallest absolute Gasteiger partial charge is 0.440 e. The van der Waals surface area contributed by atoms with Gasteiger partial charge in [0.1, 0.15) is 5.75 Å². The van der Waals surface area contributed by atoms with E-state index in [9.17, 15) is 23.1 Å². The number of aryl methyl sites for hydroxylation is 1. The van der Waals surface area contributed by atoms with Crippen molar-refractivity contribution in [3.05, 3.63) is 74.6 Å². The lowest BCUT2D eigenvalue weighted by molar-refractivity contribution is 0.258. The van der Waals surface area contributed by atoms with Crippen LogP contribution in [0.3, 0.4) is 0 Å². The van der Waals surface area contributed by atoms with Crippen LogP contribution in [0.25, 0.3) is 0 Å². The van der Waals surface area contributed by atoms with Crippen molar-refractivity contribution in [2.75, 3.05) is 42.1 Å². The number of phenols is 1. The zero-order valence-electron chi connectivity index (χ0n) is 20.8. The lowest BCUT2D eigenvalue weighted by atomic mass is 10.0. The van der Waals surface area contributed by atoms with E-state index in [1.165, 1.54) is 6.07 Å². The molecule has 0 atom stereocenters. The summed E-state index contributed by atoms with van der Waals surface area (Å²) in [6.45, 7) is 4.79. The number of anilines is 2. The number of hydrogen-bond donors (Lipinski definition) is 5. The summed E-state index contributed by atoms with van der Waals surface area (Å²) in [6.07, 6.45) is 3.13. The number of sulfonamides is 1. The Bertz CT molecular complexity index is 1370. The van der Waals surface area contributed by atoms with Crippen molar-refractivity contribution in [1.29, 1.82) is 0 Å². The molecule has 2 aromatic carbocycles. The number of rotatable bonds is 8. The van der Waals surface area contributed by atoms with Gasteiger partial charge in [-0.2, -0.15) is 0 Å². The highest BCUT2D eigenvalue weighted by atomic mass is 32.2. The number of aromatic amines is 1. The van der Waals surface area contributed by atoms with Crippen LogP contribution in [0.4, 0.5) is 11.4 Å². The summed E-state index contributed by atoms with van der Waals surface area (Å²) in [5.41, 5.74) is 2.58. The summed E-state index contributed by atoms with van der Waals surface area (Å²) in [5.74, 6) is -0.815. The molecule has 1 aromatic heterocycles. The number of hydrogen-bond acceptors (Lipinski definition) is 9. The molecular weight excluding hydrogens is 502 g/mol. The molecule has 0 unspecified atom stereocenters. The van der Waals surface area contributed by atoms with Crippen LogP contribution in [-0.2, 0) is 16.6 Å². The van der Waals surface area contributed by atoms with E-state index < -0.39 is 21.5 Å². The molecule has 0 radical (unpaired) electrons. The topological polar surface area (TPSA) is 170 Å². The van der Waals surface area contributed by atoms with Crippen LogP contribution in [0.2, 0.25) is 0 Å². The van der Waals surface area contributed by atoms with Crippen LogP contribution in [0.1, 0.15) is 24.0 Å². The number of H-pyrrole nitrogens is 1. The number of phenolic OH excluding ortho intramolecular Hbond substituents is 1. The van der Waals surface area contributed by atoms with Crippen molar-refractivity contribution in [2.24, 2.45) is 0 Å².